The largest absolute Gasteiger partial charge is 0.298 e. The first kappa shape index (κ1) is 8.82. The molecule has 1 heterocycles. The highest BCUT2D eigenvalue weighted by Crippen LogP contribution is 2.30. The monoisotopic (exact) mass is 192 g/mol. The molecule has 1 nitrogen and oxygen atoms in total. The number of carbonyl (C=O) groups is 1. The molecule has 0 bridgehead atoms. The van der Waals surface area contributed by atoms with E-state index in [1.54, 1.807) is 11.8 Å². The maximum atomic E-state index is 11.2. The van der Waals surface area contributed by atoms with Crippen LogP contribution in [0.1, 0.15) is 16.7 Å². The lowest BCUT2D eigenvalue weighted by Crippen LogP contribution is -2.12. The summed E-state index contributed by atoms with van der Waals surface area (Å²) in [5.74, 6) is 0.996. The van der Waals surface area contributed by atoms with Gasteiger partial charge in [-0.25, -0.2) is 0 Å². The minimum absolute atomic E-state index is 0.348. The number of thioether (sulfide) groups is 1. The minimum Gasteiger partial charge on any atom is -0.298 e. The summed E-state index contributed by atoms with van der Waals surface area (Å²) in [6.07, 6.45) is 0.628. The number of Topliss-reactive ketones (excluding diaryl/α,β-unsaturated/α-hetero) is 1. The molecule has 0 unspecified atom stereocenters. The van der Waals surface area contributed by atoms with E-state index in [2.05, 4.69) is 26.0 Å². The third-order valence-corrected chi connectivity index (χ3v) is 3.61. The zero-order valence-corrected chi connectivity index (χ0v) is 8.70. The Morgan fingerprint density at radius 2 is 1.92 bits per heavy atom. The molecule has 0 atom stereocenters. The van der Waals surface area contributed by atoms with Crippen LogP contribution in [0.5, 0.6) is 0 Å². The van der Waals surface area contributed by atoms with E-state index in [0.29, 0.717) is 18.0 Å². The number of ketones is 1. The van der Waals surface area contributed by atoms with Crippen molar-refractivity contribution in [1.29, 1.82) is 0 Å². The van der Waals surface area contributed by atoms with Gasteiger partial charge in [0.25, 0.3) is 0 Å². The first-order valence-electron chi connectivity index (χ1n) is 4.41. The molecular formula is C11H12OS. The molecule has 2 heteroatoms. The summed E-state index contributed by atoms with van der Waals surface area (Å²) in [6.45, 7) is 4.21. The zero-order valence-electron chi connectivity index (χ0n) is 7.89. The third kappa shape index (κ3) is 1.63. The van der Waals surface area contributed by atoms with E-state index in [4.69, 9.17) is 0 Å². The second kappa shape index (κ2) is 3.18. The summed E-state index contributed by atoms with van der Waals surface area (Å²) in [5, 5.41) is 0. The van der Waals surface area contributed by atoms with Gasteiger partial charge in [-0.05, 0) is 36.6 Å². The molecule has 0 N–H and O–H groups in total. The van der Waals surface area contributed by atoms with Gasteiger partial charge in [0.15, 0.2) is 0 Å². The van der Waals surface area contributed by atoms with Crippen LogP contribution in [0.3, 0.4) is 0 Å². The number of hydrogen-bond donors (Lipinski definition) is 0. The van der Waals surface area contributed by atoms with Crippen LogP contribution >= 0.6 is 11.8 Å². The van der Waals surface area contributed by atoms with Crippen molar-refractivity contribution in [2.75, 3.05) is 5.75 Å². The summed E-state index contributed by atoms with van der Waals surface area (Å²) in [5.41, 5.74) is 3.82. The fraction of sp³-hybridized carbons (Fsp3) is 0.364. The van der Waals surface area contributed by atoms with Gasteiger partial charge in [0.1, 0.15) is 5.78 Å². The first-order chi connectivity index (χ1) is 6.16. The van der Waals surface area contributed by atoms with Crippen LogP contribution in [0.4, 0.5) is 0 Å². The standard InChI is InChI=1S/C11H12OS/c1-7-3-9-5-10(12)6-13-11(9)4-8(7)2/h3-4H,5-6H2,1-2H3. The van der Waals surface area contributed by atoms with Crippen LogP contribution in [-0.2, 0) is 11.2 Å². The number of carbonyl (C=O) groups excluding carboxylic acids is 1. The van der Waals surface area contributed by atoms with E-state index in [9.17, 15) is 4.79 Å². The second-order valence-corrected chi connectivity index (χ2v) is 4.57. The van der Waals surface area contributed by atoms with Crippen LogP contribution in [0.15, 0.2) is 17.0 Å². The molecule has 1 aromatic carbocycles. The summed E-state index contributed by atoms with van der Waals surface area (Å²) < 4.78 is 0. The molecule has 1 aliphatic rings. The molecule has 0 radical (unpaired) electrons. The van der Waals surface area contributed by atoms with Crippen molar-refractivity contribution >= 4 is 17.5 Å². The van der Waals surface area contributed by atoms with Gasteiger partial charge in [-0.3, -0.25) is 4.79 Å². The predicted molar refractivity (Wildman–Crippen MR) is 55.4 cm³/mol. The highest BCUT2D eigenvalue weighted by Gasteiger charge is 2.16. The number of fused-ring (bicyclic) bond motifs is 1. The summed E-state index contributed by atoms with van der Waals surface area (Å²) in [7, 11) is 0. The summed E-state index contributed by atoms with van der Waals surface area (Å²) in [4.78, 5) is 12.5. The molecule has 0 saturated heterocycles. The van der Waals surface area contributed by atoms with Crippen molar-refractivity contribution in [3.8, 4) is 0 Å². The van der Waals surface area contributed by atoms with Crippen LogP contribution in [0.25, 0.3) is 0 Å². The fourth-order valence-electron chi connectivity index (χ4n) is 1.54. The summed E-state index contributed by atoms with van der Waals surface area (Å²) >= 11 is 1.67. The number of hydrogen-bond acceptors (Lipinski definition) is 2. The Labute approximate surface area is 82.5 Å². The van der Waals surface area contributed by atoms with Crippen molar-refractivity contribution < 1.29 is 4.79 Å². The van der Waals surface area contributed by atoms with Gasteiger partial charge >= 0.3 is 0 Å². The molecule has 0 saturated carbocycles. The smallest absolute Gasteiger partial charge is 0.147 e. The number of aryl methyl sites for hydroxylation is 2. The average molecular weight is 192 g/mol. The van der Waals surface area contributed by atoms with E-state index in [-0.39, 0.29) is 0 Å². The van der Waals surface area contributed by atoms with Gasteiger partial charge in [-0.2, -0.15) is 0 Å². The lowest BCUT2D eigenvalue weighted by Gasteiger charge is -2.16. The number of rotatable bonds is 0. The predicted octanol–water partition coefficient (Wildman–Crippen LogP) is 2.52. The maximum Gasteiger partial charge on any atom is 0.147 e. The quantitative estimate of drug-likeness (QED) is 0.628. The molecular weight excluding hydrogens is 180 g/mol. The van der Waals surface area contributed by atoms with Crippen molar-refractivity contribution in [3.05, 3.63) is 28.8 Å². The molecule has 0 spiro atoms. The lowest BCUT2D eigenvalue weighted by molar-refractivity contribution is -0.116. The van der Waals surface area contributed by atoms with Gasteiger partial charge in [0.05, 0.1) is 5.75 Å². The van der Waals surface area contributed by atoms with Crippen molar-refractivity contribution in [2.45, 2.75) is 25.2 Å². The van der Waals surface area contributed by atoms with Crippen molar-refractivity contribution in [1.82, 2.24) is 0 Å². The second-order valence-electron chi connectivity index (χ2n) is 3.55. The van der Waals surface area contributed by atoms with Crippen molar-refractivity contribution in [3.63, 3.8) is 0 Å². The van der Waals surface area contributed by atoms with Gasteiger partial charge in [-0.15, -0.1) is 11.8 Å². The SMILES string of the molecule is Cc1cc2c(cc1C)SCC(=O)C2. The van der Waals surface area contributed by atoms with E-state index < -0.39 is 0 Å². The third-order valence-electron chi connectivity index (χ3n) is 2.45. The maximum absolute atomic E-state index is 11.2. The Morgan fingerprint density at radius 3 is 2.69 bits per heavy atom. The lowest BCUT2D eigenvalue weighted by atomic mass is 10.0. The Morgan fingerprint density at radius 1 is 1.23 bits per heavy atom. The molecule has 2 rings (SSSR count). The Bertz CT molecular complexity index is 369. The van der Waals surface area contributed by atoms with Crippen LogP contribution in [-0.4, -0.2) is 11.5 Å². The normalized spacial score (nSPS) is 15.7. The van der Waals surface area contributed by atoms with E-state index >= 15 is 0 Å². The van der Waals surface area contributed by atoms with Crippen molar-refractivity contribution in [2.24, 2.45) is 0 Å². The fourth-order valence-corrected chi connectivity index (χ4v) is 2.54. The van der Waals surface area contributed by atoms with Crippen LogP contribution < -0.4 is 0 Å². The van der Waals surface area contributed by atoms with Gasteiger partial charge in [0, 0.05) is 11.3 Å². The number of benzene rings is 1. The van der Waals surface area contributed by atoms with E-state index in [0.717, 1.165) is 0 Å². The topological polar surface area (TPSA) is 17.1 Å². The molecule has 13 heavy (non-hydrogen) atoms. The Balaban J connectivity index is 2.49. The van der Waals surface area contributed by atoms with E-state index in [1.807, 2.05) is 0 Å². The highest BCUT2D eigenvalue weighted by molar-refractivity contribution is 8.00. The average Bonchev–Trinajstić information content (AvgIpc) is 2.08. The first-order valence-corrected chi connectivity index (χ1v) is 5.40. The molecule has 0 amide bonds. The zero-order chi connectivity index (χ0) is 9.42. The van der Waals surface area contributed by atoms with Gasteiger partial charge in [-0.1, -0.05) is 6.07 Å². The van der Waals surface area contributed by atoms with E-state index in [1.165, 1.54) is 21.6 Å². The van der Waals surface area contributed by atoms with Crippen LogP contribution in [0, 0.1) is 13.8 Å². The van der Waals surface area contributed by atoms with Crippen LogP contribution in [0.2, 0.25) is 0 Å². The molecule has 0 aliphatic carbocycles. The molecule has 0 fully saturated rings. The highest BCUT2D eigenvalue weighted by atomic mass is 32.2. The summed E-state index contributed by atoms with van der Waals surface area (Å²) in [6, 6.07) is 4.34. The van der Waals surface area contributed by atoms with Gasteiger partial charge < -0.3 is 0 Å². The van der Waals surface area contributed by atoms with Gasteiger partial charge in [0.2, 0.25) is 0 Å². The minimum atomic E-state index is 0.348. The molecule has 1 aromatic rings. The molecule has 0 aromatic heterocycles. The molecule has 68 valence electrons. The Kier molecular flexibility index (Phi) is 2.16. The molecule has 1 aliphatic heterocycles. The Hall–Kier alpha value is -0.760.